The molecule has 0 saturated heterocycles. The summed E-state index contributed by atoms with van der Waals surface area (Å²) >= 11 is 0. The van der Waals surface area contributed by atoms with Gasteiger partial charge in [-0.25, -0.2) is 9.18 Å². The molecule has 19 heavy (non-hydrogen) atoms. The van der Waals surface area contributed by atoms with E-state index in [2.05, 4.69) is 0 Å². The van der Waals surface area contributed by atoms with Gasteiger partial charge in [0.25, 0.3) is 0 Å². The van der Waals surface area contributed by atoms with E-state index < -0.39 is 24.5 Å². The van der Waals surface area contributed by atoms with Crippen LogP contribution in [0.4, 0.5) is 4.39 Å². The van der Waals surface area contributed by atoms with Crippen molar-refractivity contribution in [3.8, 4) is 0 Å². The molecule has 0 radical (unpaired) electrons. The number of ether oxygens (including phenoxy) is 1. The summed E-state index contributed by atoms with van der Waals surface area (Å²) in [5, 5.41) is 9.70. The summed E-state index contributed by atoms with van der Waals surface area (Å²) in [5.74, 6) is -1.26. The molecule has 1 rings (SSSR count). The Balaban J connectivity index is 3.09. The van der Waals surface area contributed by atoms with Gasteiger partial charge >= 0.3 is 13.1 Å². The standard InChI is InChI=1S/C12H17BFNO4/c1-12(2,3)19-11(16)9-5-4-8(14)6-10(9)13(17)18-7-15/h4-6,17H,7,15H2,1-3H3. The number of carbonyl (C=O) groups excluding carboxylic acids is 1. The summed E-state index contributed by atoms with van der Waals surface area (Å²) in [6.07, 6.45) is 0. The summed E-state index contributed by atoms with van der Waals surface area (Å²) < 4.78 is 23.1. The molecule has 0 amide bonds. The van der Waals surface area contributed by atoms with Crippen LogP contribution in [-0.4, -0.2) is 30.4 Å². The molecule has 0 fully saturated rings. The van der Waals surface area contributed by atoms with Crippen LogP contribution in [0.5, 0.6) is 0 Å². The zero-order valence-electron chi connectivity index (χ0n) is 11.1. The lowest BCUT2D eigenvalue weighted by atomic mass is 9.76. The highest BCUT2D eigenvalue weighted by Gasteiger charge is 2.27. The summed E-state index contributed by atoms with van der Waals surface area (Å²) in [6, 6.07) is 3.36. The molecule has 3 N–H and O–H groups in total. The van der Waals surface area contributed by atoms with Gasteiger partial charge in [-0.3, -0.25) is 0 Å². The first-order valence-corrected chi connectivity index (χ1v) is 5.77. The first kappa shape index (κ1) is 15.6. The Hall–Kier alpha value is -1.44. The molecule has 0 aliphatic heterocycles. The zero-order chi connectivity index (χ0) is 14.6. The third-order valence-corrected chi connectivity index (χ3v) is 2.15. The Kier molecular flexibility index (Phi) is 5.05. The van der Waals surface area contributed by atoms with Crippen LogP contribution >= 0.6 is 0 Å². The number of halogens is 1. The molecular formula is C12H17BFNO4. The Morgan fingerprint density at radius 3 is 2.63 bits per heavy atom. The van der Waals surface area contributed by atoms with Gasteiger partial charge in [0.15, 0.2) is 0 Å². The lowest BCUT2D eigenvalue weighted by Crippen LogP contribution is -2.40. The summed E-state index contributed by atoms with van der Waals surface area (Å²) in [7, 11) is -1.48. The van der Waals surface area contributed by atoms with Crippen LogP contribution in [0, 0.1) is 5.82 Å². The molecule has 0 saturated carbocycles. The highest BCUT2D eigenvalue weighted by atomic mass is 19.1. The Morgan fingerprint density at radius 1 is 1.47 bits per heavy atom. The average molecular weight is 269 g/mol. The van der Waals surface area contributed by atoms with Crippen LogP contribution in [0.1, 0.15) is 31.1 Å². The van der Waals surface area contributed by atoms with Crippen LogP contribution in [0.25, 0.3) is 0 Å². The molecule has 0 heterocycles. The van der Waals surface area contributed by atoms with Gasteiger partial charge in [0, 0.05) is 0 Å². The molecule has 1 aromatic rings. The van der Waals surface area contributed by atoms with Crippen molar-refractivity contribution in [2.45, 2.75) is 26.4 Å². The van der Waals surface area contributed by atoms with Crippen LogP contribution in [-0.2, 0) is 9.39 Å². The fraction of sp³-hybridized carbons (Fsp3) is 0.417. The van der Waals surface area contributed by atoms with Crippen molar-refractivity contribution in [2.24, 2.45) is 5.73 Å². The van der Waals surface area contributed by atoms with E-state index in [-0.39, 0.29) is 17.8 Å². The Bertz CT molecular complexity index is 462. The topological polar surface area (TPSA) is 81.8 Å². The molecule has 0 unspecified atom stereocenters. The van der Waals surface area contributed by atoms with Crippen LogP contribution < -0.4 is 11.2 Å². The van der Waals surface area contributed by atoms with Crippen molar-refractivity contribution >= 4 is 18.6 Å². The van der Waals surface area contributed by atoms with Gasteiger partial charge in [0.05, 0.1) is 12.3 Å². The normalized spacial score (nSPS) is 11.3. The van der Waals surface area contributed by atoms with Crippen molar-refractivity contribution < 1.29 is 23.6 Å². The van der Waals surface area contributed by atoms with Crippen LogP contribution in [0.3, 0.4) is 0 Å². The molecule has 0 spiro atoms. The van der Waals surface area contributed by atoms with Crippen molar-refractivity contribution in [3.05, 3.63) is 29.6 Å². The molecule has 0 atom stereocenters. The molecule has 7 heteroatoms. The van der Waals surface area contributed by atoms with Crippen molar-refractivity contribution in [1.82, 2.24) is 0 Å². The molecular weight excluding hydrogens is 252 g/mol. The van der Waals surface area contributed by atoms with E-state index in [4.69, 9.17) is 15.1 Å². The van der Waals surface area contributed by atoms with Crippen LogP contribution in [0.15, 0.2) is 18.2 Å². The third-order valence-electron chi connectivity index (χ3n) is 2.15. The van der Waals surface area contributed by atoms with E-state index in [0.29, 0.717) is 0 Å². The van der Waals surface area contributed by atoms with Gasteiger partial charge in [-0.15, -0.1) is 0 Å². The number of nitrogens with two attached hydrogens (primary N) is 1. The minimum atomic E-state index is -1.48. The third kappa shape index (κ3) is 4.62. The molecule has 0 aromatic heterocycles. The van der Waals surface area contributed by atoms with Gasteiger partial charge in [-0.05, 0) is 44.4 Å². The zero-order valence-corrected chi connectivity index (χ0v) is 11.1. The van der Waals surface area contributed by atoms with E-state index in [1.54, 1.807) is 20.8 Å². The molecule has 0 aliphatic rings. The second kappa shape index (κ2) is 6.14. The number of hydrogen-bond donors (Lipinski definition) is 2. The van der Waals surface area contributed by atoms with Gasteiger partial charge in [-0.1, -0.05) is 0 Å². The number of esters is 1. The number of carbonyl (C=O) groups is 1. The Morgan fingerprint density at radius 2 is 2.11 bits per heavy atom. The number of rotatable bonds is 4. The average Bonchev–Trinajstić information content (AvgIpc) is 2.26. The maximum atomic E-state index is 13.2. The molecule has 104 valence electrons. The maximum Gasteiger partial charge on any atom is 0.493 e. The lowest BCUT2D eigenvalue weighted by Gasteiger charge is -2.21. The van der Waals surface area contributed by atoms with E-state index in [0.717, 1.165) is 12.1 Å². The first-order chi connectivity index (χ1) is 8.74. The summed E-state index contributed by atoms with van der Waals surface area (Å²) in [5.41, 5.74) is 4.47. The summed E-state index contributed by atoms with van der Waals surface area (Å²) in [4.78, 5) is 12.0. The van der Waals surface area contributed by atoms with Gasteiger partial charge in [-0.2, -0.15) is 0 Å². The first-order valence-electron chi connectivity index (χ1n) is 5.77. The minimum absolute atomic E-state index is 0.0142. The van der Waals surface area contributed by atoms with Crippen molar-refractivity contribution in [2.75, 3.05) is 6.73 Å². The number of benzene rings is 1. The highest BCUT2D eigenvalue weighted by Crippen LogP contribution is 2.12. The largest absolute Gasteiger partial charge is 0.493 e. The Labute approximate surface area is 111 Å². The highest BCUT2D eigenvalue weighted by molar-refractivity contribution is 6.61. The predicted octanol–water partition coefficient (Wildman–Crippen LogP) is 0.401. The SMILES string of the molecule is CC(C)(C)OC(=O)c1ccc(F)cc1B(O)OCN. The lowest BCUT2D eigenvalue weighted by molar-refractivity contribution is 0.00704. The number of hydrogen-bond acceptors (Lipinski definition) is 5. The molecule has 1 aromatic carbocycles. The van der Waals surface area contributed by atoms with E-state index >= 15 is 0 Å². The van der Waals surface area contributed by atoms with Gasteiger partial charge < -0.3 is 20.1 Å². The second-order valence-electron chi connectivity index (χ2n) is 4.92. The second-order valence-corrected chi connectivity index (χ2v) is 4.92. The molecule has 0 aliphatic carbocycles. The van der Waals surface area contributed by atoms with Crippen molar-refractivity contribution in [1.29, 1.82) is 0 Å². The fourth-order valence-electron chi connectivity index (χ4n) is 1.44. The fourth-order valence-corrected chi connectivity index (χ4v) is 1.44. The maximum absolute atomic E-state index is 13.2. The summed E-state index contributed by atoms with van der Waals surface area (Å²) in [6.45, 7) is 4.87. The smallest absolute Gasteiger partial charge is 0.456 e. The molecule has 0 bridgehead atoms. The van der Waals surface area contributed by atoms with Gasteiger partial charge in [0.2, 0.25) is 0 Å². The van der Waals surface area contributed by atoms with E-state index in [9.17, 15) is 14.2 Å². The minimum Gasteiger partial charge on any atom is -0.456 e. The van der Waals surface area contributed by atoms with E-state index in [1.165, 1.54) is 6.07 Å². The van der Waals surface area contributed by atoms with Crippen molar-refractivity contribution in [3.63, 3.8) is 0 Å². The van der Waals surface area contributed by atoms with E-state index in [1.807, 2.05) is 0 Å². The quantitative estimate of drug-likeness (QED) is 0.469. The predicted molar refractivity (Wildman–Crippen MR) is 69.3 cm³/mol. The molecule has 5 nitrogen and oxygen atoms in total. The van der Waals surface area contributed by atoms with Gasteiger partial charge in [0.1, 0.15) is 11.4 Å². The monoisotopic (exact) mass is 269 g/mol. The van der Waals surface area contributed by atoms with Crippen LogP contribution in [0.2, 0.25) is 0 Å².